The van der Waals surface area contributed by atoms with E-state index in [0.29, 0.717) is 20.8 Å². The van der Waals surface area contributed by atoms with Crippen LogP contribution in [0.25, 0.3) is 10.9 Å². The summed E-state index contributed by atoms with van der Waals surface area (Å²) in [4.78, 5) is 0. The number of fused-ring (bicyclic) bond motifs is 1. The Kier molecular flexibility index (Phi) is 4.07. The van der Waals surface area contributed by atoms with Gasteiger partial charge in [0.2, 0.25) is 0 Å². The van der Waals surface area contributed by atoms with Gasteiger partial charge in [-0.1, -0.05) is 48.1 Å². The van der Waals surface area contributed by atoms with E-state index in [1.807, 2.05) is 4.57 Å². The molecule has 0 atom stereocenters. The van der Waals surface area contributed by atoms with Crippen molar-refractivity contribution in [2.75, 3.05) is 0 Å². The average molecular weight is 302 g/mol. The zero-order chi connectivity index (χ0) is 13.3. The van der Waals surface area contributed by atoms with Crippen molar-refractivity contribution in [1.82, 2.24) is 4.57 Å². The van der Waals surface area contributed by atoms with Crippen LogP contribution in [0.3, 0.4) is 0 Å². The molecule has 2 nitrogen and oxygen atoms in total. The number of halogens is 3. The molecule has 0 unspecified atom stereocenters. The Balaban J connectivity index is 2.73. The number of hydrogen-bond donors (Lipinski definition) is 0. The van der Waals surface area contributed by atoms with Crippen LogP contribution in [-0.4, -0.2) is 4.57 Å². The van der Waals surface area contributed by atoms with Crippen molar-refractivity contribution in [2.45, 2.75) is 26.3 Å². The first-order chi connectivity index (χ1) is 8.60. The largest absolute Gasteiger partial charge is 0.330 e. The third-order valence-electron chi connectivity index (χ3n) is 2.89. The second-order valence-electron chi connectivity index (χ2n) is 4.07. The first-order valence-corrected chi connectivity index (χ1v) is 6.80. The van der Waals surface area contributed by atoms with Crippen molar-refractivity contribution < 1.29 is 0 Å². The highest BCUT2D eigenvalue weighted by atomic mass is 35.5. The van der Waals surface area contributed by atoms with Crippen molar-refractivity contribution in [2.24, 2.45) is 0 Å². The van der Waals surface area contributed by atoms with E-state index < -0.39 is 0 Å². The van der Waals surface area contributed by atoms with Crippen LogP contribution in [-0.2, 0) is 6.54 Å². The molecule has 0 spiro atoms. The van der Waals surface area contributed by atoms with Gasteiger partial charge in [0.1, 0.15) is 11.2 Å². The molecule has 0 amide bonds. The number of unbranched alkanes of at least 4 members (excludes halogenated alkanes) is 1. The zero-order valence-corrected chi connectivity index (χ0v) is 12.1. The molecule has 0 radical (unpaired) electrons. The number of nitriles is 1. The Bertz CT molecular complexity index is 638. The van der Waals surface area contributed by atoms with Gasteiger partial charge < -0.3 is 4.57 Å². The summed E-state index contributed by atoms with van der Waals surface area (Å²) < 4.78 is 1.92. The first-order valence-electron chi connectivity index (χ1n) is 5.67. The van der Waals surface area contributed by atoms with Crippen molar-refractivity contribution in [3.8, 4) is 6.07 Å². The smallest absolute Gasteiger partial charge is 0.128 e. The summed E-state index contributed by atoms with van der Waals surface area (Å²) in [5.74, 6) is 0. The van der Waals surface area contributed by atoms with Gasteiger partial charge >= 0.3 is 0 Å². The summed E-state index contributed by atoms with van der Waals surface area (Å²) in [7, 11) is 0. The SMILES string of the molecule is CCCCn1c(Cl)c(C#N)c2cc(Cl)c(Cl)cc21. The fourth-order valence-corrected chi connectivity index (χ4v) is 2.59. The van der Waals surface area contributed by atoms with Gasteiger partial charge in [-0.2, -0.15) is 5.26 Å². The van der Waals surface area contributed by atoms with E-state index >= 15 is 0 Å². The Hall–Kier alpha value is -0.880. The zero-order valence-electron chi connectivity index (χ0n) is 9.80. The maximum atomic E-state index is 9.19. The van der Waals surface area contributed by atoms with E-state index in [0.717, 1.165) is 30.3 Å². The van der Waals surface area contributed by atoms with Crippen LogP contribution < -0.4 is 0 Å². The number of benzene rings is 1. The highest BCUT2D eigenvalue weighted by molar-refractivity contribution is 6.43. The lowest BCUT2D eigenvalue weighted by Crippen LogP contribution is -1.97. The molecule has 0 bridgehead atoms. The number of aryl methyl sites for hydroxylation is 1. The first kappa shape index (κ1) is 13.5. The minimum atomic E-state index is 0.435. The molecule has 0 aliphatic rings. The monoisotopic (exact) mass is 300 g/mol. The van der Waals surface area contributed by atoms with Gasteiger partial charge in [-0.25, -0.2) is 0 Å². The molecule has 2 rings (SSSR count). The van der Waals surface area contributed by atoms with Gasteiger partial charge in [-0.3, -0.25) is 0 Å². The summed E-state index contributed by atoms with van der Waals surface area (Å²) in [6, 6.07) is 5.59. The predicted octanol–water partition coefficient (Wildman–Crippen LogP) is 5.27. The molecule has 2 aromatic rings. The molecule has 1 aromatic carbocycles. The summed E-state index contributed by atoms with van der Waals surface area (Å²) in [5.41, 5.74) is 1.32. The van der Waals surface area contributed by atoms with Crippen LogP contribution in [0, 0.1) is 11.3 Å². The van der Waals surface area contributed by atoms with E-state index in [1.165, 1.54) is 0 Å². The molecule has 1 heterocycles. The lowest BCUT2D eigenvalue weighted by atomic mass is 10.2. The maximum absolute atomic E-state index is 9.19. The van der Waals surface area contributed by atoms with E-state index in [1.54, 1.807) is 12.1 Å². The molecule has 0 saturated heterocycles. The van der Waals surface area contributed by atoms with Gasteiger partial charge in [0.05, 0.1) is 21.1 Å². The minimum Gasteiger partial charge on any atom is -0.330 e. The molecular weight excluding hydrogens is 291 g/mol. The molecule has 0 saturated carbocycles. The standard InChI is InChI=1S/C13H11Cl3N2/c1-2-3-4-18-12-6-11(15)10(14)5-8(12)9(7-17)13(18)16/h5-6H,2-4H2,1H3. The number of hydrogen-bond acceptors (Lipinski definition) is 1. The second kappa shape index (κ2) is 5.40. The minimum absolute atomic E-state index is 0.435. The van der Waals surface area contributed by atoms with Gasteiger partial charge in [-0.15, -0.1) is 0 Å². The van der Waals surface area contributed by atoms with Crippen LogP contribution in [0.4, 0.5) is 0 Å². The molecule has 0 aliphatic heterocycles. The molecular formula is C13H11Cl3N2. The third kappa shape index (κ3) is 2.19. The van der Waals surface area contributed by atoms with Crippen LogP contribution in [0.2, 0.25) is 15.2 Å². The number of aromatic nitrogens is 1. The highest BCUT2D eigenvalue weighted by Gasteiger charge is 2.16. The van der Waals surface area contributed by atoms with Gasteiger partial charge in [0.25, 0.3) is 0 Å². The fourth-order valence-electron chi connectivity index (χ4n) is 1.95. The Labute approximate surface area is 121 Å². The fraction of sp³-hybridized carbons (Fsp3) is 0.308. The lowest BCUT2D eigenvalue weighted by molar-refractivity contribution is 0.650. The van der Waals surface area contributed by atoms with Crippen LogP contribution in [0.15, 0.2) is 12.1 Å². The average Bonchev–Trinajstić information content (AvgIpc) is 2.59. The molecule has 94 valence electrons. The summed E-state index contributed by atoms with van der Waals surface area (Å²) in [6.45, 7) is 2.88. The molecule has 0 N–H and O–H groups in total. The number of rotatable bonds is 3. The van der Waals surface area contributed by atoms with Crippen LogP contribution in [0.1, 0.15) is 25.3 Å². The molecule has 18 heavy (non-hydrogen) atoms. The van der Waals surface area contributed by atoms with Gasteiger partial charge in [-0.05, 0) is 18.6 Å². The summed E-state index contributed by atoms with van der Waals surface area (Å²) in [5, 5.41) is 11.3. The van der Waals surface area contributed by atoms with E-state index in [4.69, 9.17) is 34.8 Å². The Morgan fingerprint density at radius 2 is 1.89 bits per heavy atom. The molecule has 0 fully saturated rings. The van der Waals surface area contributed by atoms with Crippen molar-refractivity contribution in [1.29, 1.82) is 5.26 Å². The normalized spacial score (nSPS) is 10.8. The van der Waals surface area contributed by atoms with Gasteiger partial charge in [0, 0.05) is 11.9 Å². The van der Waals surface area contributed by atoms with Crippen molar-refractivity contribution >= 4 is 45.7 Å². The Morgan fingerprint density at radius 3 is 2.50 bits per heavy atom. The Morgan fingerprint density at radius 1 is 1.22 bits per heavy atom. The molecule has 0 aliphatic carbocycles. The lowest BCUT2D eigenvalue weighted by Gasteiger charge is -2.06. The summed E-state index contributed by atoms with van der Waals surface area (Å²) in [6.07, 6.45) is 2.05. The van der Waals surface area contributed by atoms with Crippen molar-refractivity contribution in [3.63, 3.8) is 0 Å². The number of nitrogens with zero attached hydrogens (tertiary/aromatic N) is 2. The quantitative estimate of drug-likeness (QED) is 0.759. The molecule has 1 aromatic heterocycles. The highest BCUT2D eigenvalue weighted by Crippen LogP contribution is 2.35. The van der Waals surface area contributed by atoms with E-state index in [-0.39, 0.29) is 0 Å². The third-order valence-corrected chi connectivity index (χ3v) is 4.00. The molecule has 5 heteroatoms. The van der Waals surface area contributed by atoms with E-state index in [9.17, 15) is 5.26 Å². The topological polar surface area (TPSA) is 28.7 Å². The summed E-state index contributed by atoms with van der Waals surface area (Å²) >= 11 is 18.3. The predicted molar refractivity (Wildman–Crippen MR) is 76.6 cm³/mol. The van der Waals surface area contributed by atoms with Crippen LogP contribution in [0.5, 0.6) is 0 Å². The van der Waals surface area contributed by atoms with Crippen LogP contribution >= 0.6 is 34.8 Å². The van der Waals surface area contributed by atoms with Crippen molar-refractivity contribution in [3.05, 3.63) is 32.9 Å². The maximum Gasteiger partial charge on any atom is 0.128 e. The van der Waals surface area contributed by atoms with Gasteiger partial charge in [0.15, 0.2) is 0 Å². The second-order valence-corrected chi connectivity index (χ2v) is 5.24. The van der Waals surface area contributed by atoms with E-state index in [2.05, 4.69) is 13.0 Å².